The van der Waals surface area contributed by atoms with E-state index in [1.165, 1.54) is 11.0 Å². The number of hydrogen-bond donors (Lipinski definition) is 1. The Labute approximate surface area is 134 Å². The van der Waals surface area contributed by atoms with E-state index in [-0.39, 0.29) is 18.1 Å². The van der Waals surface area contributed by atoms with E-state index in [9.17, 15) is 19.1 Å². The predicted octanol–water partition coefficient (Wildman–Crippen LogP) is 2.68. The molecule has 1 aliphatic rings. The van der Waals surface area contributed by atoms with E-state index in [0.717, 1.165) is 5.56 Å². The van der Waals surface area contributed by atoms with Crippen LogP contribution in [0.5, 0.6) is 0 Å². The van der Waals surface area contributed by atoms with Crippen LogP contribution in [0.4, 0.5) is 9.18 Å². The van der Waals surface area contributed by atoms with Crippen LogP contribution in [0.15, 0.2) is 37.4 Å². The number of carbonyl (C=O) groups excluding carboxylic acids is 1. The lowest BCUT2D eigenvalue weighted by atomic mass is 9.94. The minimum atomic E-state index is -1.32. The van der Waals surface area contributed by atoms with E-state index in [4.69, 9.17) is 0 Å². The van der Waals surface area contributed by atoms with Gasteiger partial charge < -0.3 is 14.9 Å². The zero-order chi connectivity index (χ0) is 17.0. The van der Waals surface area contributed by atoms with Crippen molar-refractivity contribution in [1.82, 2.24) is 9.80 Å². The van der Waals surface area contributed by atoms with Gasteiger partial charge in [-0.25, -0.2) is 14.0 Å². The Bertz CT molecular complexity index is 647. The van der Waals surface area contributed by atoms with Crippen LogP contribution in [0.2, 0.25) is 0 Å². The number of hydrogen-bond acceptors (Lipinski definition) is 2. The summed E-state index contributed by atoms with van der Waals surface area (Å²) >= 11 is 0. The average Bonchev–Trinajstić information content (AvgIpc) is 2.52. The minimum Gasteiger partial charge on any atom is -0.478 e. The molecule has 23 heavy (non-hydrogen) atoms. The number of carboxylic acids is 1. The molecule has 0 fully saturated rings. The van der Waals surface area contributed by atoms with Crippen molar-refractivity contribution in [2.45, 2.75) is 13.0 Å². The molecule has 0 atom stereocenters. The summed E-state index contributed by atoms with van der Waals surface area (Å²) in [6.07, 6.45) is 3.72. The van der Waals surface area contributed by atoms with Gasteiger partial charge in [0.15, 0.2) is 0 Å². The summed E-state index contributed by atoms with van der Waals surface area (Å²) in [5.41, 5.74) is 0.792. The number of amides is 2. The predicted molar refractivity (Wildman–Crippen MR) is 84.8 cm³/mol. The van der Waals surface area contributed by atoms with Crippen LogP contribution in [0.3, 0.4) is 0 Å². The van der Waals surface area contributed by atoms with Crippen molar-refractivity contribution in [3.8, 4) is 0 Å². The smallest absolute Gasteiger partial charge is 0.339 e. The molecular weight excluding hydrogens is 299 g/mol. The number of nitrogens with zero attached hydrogens (tertiary/aromatic N) is 2. The Morgan fingerprint density at radius 1 is 1.30 bits per heavy atom. The third kappa shape index (κ3) is 3.41. The first-order chi connectivity index (χ1) is 11.0. The van der Waals surface area contributed by atoms with Crippen LogP contribution in [0, 0.1) is 5.82 Å². The first-order valence-corrected chi connectivity index (χ1v) is 7.28. The van der Waals surface area contributed by atoms with Gasteiger partial charge in [0.25, 0.3) is 0 Å². The van der Waals surface area contributed by atoms with Crippen molar-refractivity contribution >= 4 is 12.0 Å². The Balaban J connectivity index is 2.30. The fraction of sp³-hybridized carbons (Fsp3) is 0.294. The van der Waals surface area contributed by atoms with Crippen LogP contribution >= 0.6 is 0 Å². The number of aromatic carboxylic acids is 1. The third-order valence-corrected chi connectivity index (χ3v) is 3.81. The van der Waals surface area contributed by atoms with Crippen LogP contribution in [-0.2, 0) is 13.0 Å². The number of halogens is 1. The maximum atomic E-state index is 13.8. The highest BCUT2D eigenvalue weighted by molar-refractivity contribution is 5.90. The number of rotatable bonds is 5. The highest BCUT2D eigenvalue weighted by atomic mass is 19.1. The molecular formula is C17H19FN2O3. The lowest BCUT2D eigenvalue weighted by Crippen LogP contribution is -2.45. The molecule has 1 heterocycles. The molecule has 0 spiro atoms. The van der Waals surface area contributed by atoms with Crippen LogP contribution < -0.4 is 0 Å². The van der Waals surface area contributed by atoms with Crippen LogP contribution in [-0.4, -0.2) is 46.5 Å². The zero-order valence-corrected chi connectivity index (χ0v) is 12.8. The lowest BCUT2D eigenvalue weighted by molar-refractivity contribution is 0.0688. The first kappa shape index (κ1) is 16.7. The standard InChI is InChI=1S/C17H19FN2O3/c1-3-8-19(9-4-2)17(23)20-10-7-12-5-6-14(18)15(16(21)22)13(12)11-20/h3-6H,1-2,7-11H2,(H,21,22). The van der Waals surface area contributed by atoms with Gasteiger partial charge in [0, 0.05) is 26.2 Å². The molecule has 6 heteroatoms. The second kappa shape index (κ2) is 7.09. The monoisotopic (exact) mass is 318 g/mol. The van der Waals surface area contributed by atoms with E-state index in [1.54, 1.807) is 23.1 Å². The summed E-state index contributed by atoms with van der Waals surface area (Å²) < 4.78 is 13.8. The van der Waals surface area contributed by atoms with E-state index >= 15 is 0 Å². The van der Waals surface area contributed by atoms with Crippen molar-refractivity contribution in [2.75, 3.05) is 19.6 Å². The van der Waals surface area contributed by atoms with Gasteiger partial charge in [-0.3, -0.25) is 0 Å². The number of fused-ring (bicyclic) bond motifs is 1. The molecule has 0 unspecified atom stereocenters. The second-order valence-corrected chi connectivity index (χ2v) is 5.30. The summed E-state index contributed by atoms with van der Waals surface area (Å²) in [5.74, 6) is -2.10. The Morgan fingerprint density at radius 2 is 1.96 bits per heavy atom. The van der Waals surface area contributed by atoms with Gasteiger partial charge in [-0.1, -0.05) is 18.2 Å². The maximum absolute atomic E-state index is 13.8. The number of urea groups is 1. The van der Waals surface area contributed by atoms with Gasteiger partial charge in [0.2, 0.25) is 0 Å². The molecule has 122 valence electrons. The molecule has 0 aliphatic carbocycles. The Morgan fingerprint density at radius 3 is 2.52 bits per heavy atom. The fourth-order valence-electron chi connectivity index (χ4n) is 2.74. The SMILES string of the molecule is C=CCN(CC=C)C(=O)N1CCc2ccc(F)c(C(=O)O)c2C1. The molecule has 2 amide bonds. The third-order valence-electron chi connectivity index (χ3n) is 3.81. The molecule has 0 aromatic heterocycles. The number of benzene rings is 1. The van der Waals surface area contributed by atoms with Gasteiger partial charge in [-0.2, -0.15) is 0 Å². The molecule has 1 N–H and O–H groups in total. The van der Waals surface area contributed by atoms with Gasteiger partial charge in [0.1, 0.15) is 11.4 Å². The molecule has 0 radical (unpaired) electrons. The minimum absolute atomic E-state index is 0.0817. The maximum Gasteiger partial charge on any atom is 0.339 e. The van der Waals surface area contributed by atoms with E-state index in [2.05, 4.69) is 13.2 Å². The van der Waals surface area contributed by atoms with E-state index in [0.29, 0.717) is 31.6 Å². The Hall–Kier alpha value is -2.63. The summed E-state index contributed by atoms with van der Waals surface area (Å²) in [6, 6.07) is 2.52. The topological polar surface area (TPSA) is 60.9 Å². The molecule has 5 nitrogen and oxygen atoms in total. The lowest BCUT2D eigenvalue weighted by Gasteiger charge is -2.33. The summed E-state index contributed by atoms with van der Waals surface area (Å²) in [7, 11) is 0. The molecule has 2 rings (SSSR count). The average molecular weight is 318 g/mol. The molecule has 0 saturated heterocycles. The van der Waals surface area contributed by atoms with Crippen LogP contribution in [0.25, 0.3) is 0 Å². The van der Waals surface area contributed by atoms with Gasteiger partial charge in [-0.05, 0) is 23.6 Å². The van der Waals surface area contributed by atoms with Gasteiger partial charge in [-0.15, -0.1) is 13.2 Å². The van der Waals surface area contributed by atoms with Gasteiger partial charge in [0.05, 0.1) is 0 Å². The fourth-order valence-corrected chi connectivity index (χ4v) is 2.74. The van der Waals surface area contributed by atoms with E-state index < -0.39 is 11.8 Å². The van der Waals surface area contributed by atoms with Crippen molar-refractivity contribution < 1.29 is 19.1 Å². The summed E-state index contributed by atoms with van der Waals surface area (Å²) in [6.45, 7) is 8.51. The molecule has 0 bridgehead atoms. The molecule has 1 aromatic rings. The van der Waals surface area contributed by atoms with E-state index in [1.807, 2.05) is 0 Å². The summed E-state index contributed by atoms with van der Waals surface area (Å²) in [5, 5.41) is 9.24. The highest BCUT2D eigenvalue weighted by Gasteiger charge is 2.28. The van der Waals surface area contributed by atoms with Crippen LogP contribution in [0.1, 0.15) is 21.5 Å². The Kier molecular flexibility index (Phi) is 5.16. The number of carbonyl (C=O) groups is 2. The van der Waals surface area contributed by atoms with Crippen molar-refractivity contribution in [2.24, 2.45) is 0 Å². The number of carboxylic acid groups (broad SMARTS) is 1. The van der Waals surface area contributed by atoms with Gasteiger partial charge >= 0.3 is 12.0 Å². The quantitative estimate of drug-likeness (QED) is 0.849. The second-order valence-electron chi connectivity index (χ2n) is 5.30. The largest absolute Gasteiger partial charge is 0.478 e. The van der Waals surface area contributed by atoms with Crippen molar-refractivity contribution in [3.63, 3.8) is 0 Å². The molecule has 1 aliphatic heterocycles. The van der Waals surface area contributed by atoms with Crippen molar-refractivity contribution in [1.29, 1.82) is 0 Å². The summed E-state index contributed by atoms with van der Waals surface area (Å²) in [4.78, 5) is 27.0. The molecule has 0 saturated carbocycles. The highest BCUT2D eigenvalue weighted by Crippen LogP contribution is 2.25. The molecule has 1 aromatic carbocycles. The first-order valence-electron chi connectivity index (χ1n) is 7.28. The zero-order valence-electron chi connectivity index (χ0n) is 12.8. The normalized spacial score (nSPS) is 13.2. The van der Waals surface area contributed by atoms with Crippen molar-refractivity contribution in [3.05, 3.63) is 60.0 Å².